The lowest BCUT2D eigenvalue weighted by Crippen LogP contribution is -2.32. The number of methoxy groups -OCH3 is 2. The summed E-state index contributed by atoms with van der Waals surface area (Å²) >= 11 is 0. The van der Waals surface area contributed by atoms with Crippen molar-refractivity contribution in [1.29, 1.82) is 5.26 Å². The van der Waals surface area contributed by atoms with Gasteiger partial charge in [0.1, 0.15) is 0 Å². The lowest BCUT2D eigenvalue weighted by atomic mass is 9.69. The first-order valence-corrected chi connectivity index (χ1v) is 12.0. The first kappa shape index (κ1) is 26.7. The average Bonchev–Trinajstić information content (AvgIpc) is 2.79. The maximum Gasteiger partial charge on any atom is 0.160 e. The van der Waals surface area contributed by atoms with Crippen LogP contribution >= 0.6 is 0 Å². The highest BCUT2D eigenvalue weighted by Crippen LogP contribution is 2.37. The Morgan fingerprint density at radius 3 is 2.03 bits per heavy atom. The van der Waals surface area contributed by atoms with Crippen molar-refractivity contribution >= 4 is 0 Å². The largest absolute Gasteiger partial charge is 0.493 e. The van der Waals surface area contributed by atoms with Crippen LogP contribution < -0.4 is 9.47 Å². The minimum atomic E-state index is -0.458. The second kappa shape index (κ2) is 11.6. The van der Waals surface area contributed by atoms with E-state index in [1.807, 2.05) is 12.1 Å². The highest BCUT2D eigenvalue weighted by molar-refractivity contribution is 5.43. The van der Waals surface area contributed by atoms with Crippen molar-refractivity contribution in [1.82, 2.24) is 4.90 Å². The summed E-state index contributed by atoms with van der Waals surface area (Å²) in [6, 6.07) is 17.5. The Morgan fingerprint density at radius 1 is 0.909 bits per heavy atom. The topological polar surface area (TPSA) is 45.5 Å². The Hall–Kier alpha value is -2.51. The van der Waals surface area contributed by atoms with Gasteiger partial charge in [-0.05, 0) is 73.0 Å². The number of nitriles is 1. The molecule has 0 radical (unpaired) electrons. The minimum absolute atomic E-state index is 0.113. The third kappa shape index (κ3) is 6.74. The molecule has 180 valence electrons. The summed E-state index contributed by atoms with van der Waals surface area (Å²) in [5, 5.41) is 10.3. The fourth-order valence-electron chi connectivity index (χ4n) is 4.38. The van der Waals surface area contributed by atoms with Gasteiger partial charge in [0.15, 0.2) is 11.5 Å². The van der Waals surface area contributed by atoms with Crippen molar-refractivity contribution in [3.63, 3.8) is 0 Å². The Bertz CT molecular complexity index is 922. The van der Waals surface area contributed by atoms with E-state index in [0.717, 1.165) is 49.4 Å². The summed E-state index contributed by atoms with van der Waals surface area (Å²) in [5.74, 6) is 1.78. The van der Waals surface area contributed by atoms with Crippen LogP contribution in [0.2, 0.25) is 0 Å². The molecule has 0 aromatic heterocycles. The van der Waals surface area contributed by atoms with Gasteiger partial charge in [0.25, 0.3) is 0 Å². The van der Waals surface area contributed by atoms with Gasteiger partial charge in [0.05, 0.1) is 25.7 Å². The molecule has 2 aromatic carbocycles. The summed E-state index contributed by atoms with van der Waals surface area (Å²) in [6.45, 7) is 12.9. The van der Waals surface area contributed by atoms with Crippen molar-refractivity contribution in [3.05, 3.63) is 59.2 Å². The van der Waals surface area contributed by atoms with E-state index < -0.39 is 5.41 Å². The third-order valence-electron chi connectivity index (χ3n) is 6.79. The van der Waals surface area contributed by atoms with E-state index in [-0.39, 0.29) is 11.3 Å². The fourth-order valence-corrected chi connectivity index (χ4v) is 4.38. The molecule has 0 fully saturated rings. The number of hydrogen-bond donors (Lipinski definition) is 0. The second-order valence-electron chi connectivity index (χ2n) is 10.4. The fraction of sp³-hybridized carbons (Fsp3) is 0.552. The summed E-state index contributed by atoms with van der Waals surface area (Å²) in [5.41, 5.74) is 3.33. The molecule has 0 spiro atoms. The van der Waals surface area contributed by atoms with Gasteiger partial charge in [-0.1, -0.05) is 65.0 Å². The Balaban J connectivity index is 1.99. The molecule has 4 nitrogen and oxygen atoms in total. The quantitative estimate of drug-likeness (QED) is 0.399. The maximum atomic E-state index is 10.3. The van der Waals surface area contributed by atoms with Crippen molar-refractivity contribution < 1.29 is 9.47 Å². The number of likely N-dealkylation sites (N-methyl/N-ethyl adjacent to an activating group) is 1. The average molecular weight is 451 g/mol. The molecule has 0 saturated heterocycles. The molecule has 1 atom stereocenters. The number of benzene rings is 2. The monoisotopic (exact) mass is 450 g/mol. The molecule has 1 unspecified atom stereocenters. The molecule has 0 aliphatic rings. The Labute approximate surface area is 201 Å². The zero-order valence-electron chi connectivity index (χ0n) is 21.9. The van der Waals surface area contributed by atoms with Crippen LogP contribution in [0.5, 0.6) is 11.5 Å². The molecular formula is C29H42N2O2. The molecule has 0 N–H and O–H groups in total. The summed E-state index contributed by atoms with van der Waals surface area (Å²) in [6.07, 6.45) is 2.78. The summed E-state index contributed by atoms with van der Waals surface area (Å²) in [7, 11) is 5.48. The van der Waals surface area contributed by atoms with E-state index in [2.05, 4.69) is 83.0 Å². The zero-order chi connectivity index (χ0) is 24.6. The molecule has 0 amide bonds. The molecule has 4 heteroatoms. The van der Waals surface area contributed by atoms with E-state index in [1.54, 1.807) is 14.2 Å². The first-order chi connectivity index (χ1) is 15.6. The third-order valence-corrected chi connectivity index (χ3v) is 6.79. The Morgan fingerprint density at radius 2 is 1.52 bits per heavy atom. The van der Waals surface area contributed by atoms with E-state index in [1.165, 1.54) is 11.1 Å². The standard InChI is InChI=1S/C29H42N2O2/c1-22(2)29(21-30,25-13-11-24(12-14-25)28(3,4)5)17-9-18-31(6)19-16-23-10-15-26(32-7)27(20-23)33-8/h10-15,20,22H,9,16-19H2,1-8H3. The van der Waals surface area contributed by atoms with E-state index >= 15 is 0 Å². The van der Waals surface area contributed by atoms with Gasteiger partial charge >= 0.3 is 0 Å². The van der Waals surface area contributed by atoms with E-state index in [4.69, 9.17) is 9.47 Å². The molecular weight excluding hydrogens is 408 g/mol. The maximum absolute atomic E-state index is 10.3. The smallest absolute Gasteiger partial charge is 0.160 e. The zero-order valence-corrected chi connectivity index (χ0v) is 21.9. The molecule has 0 heterocycles. The van der Waals surface area contributed by atoms with Crippen LogP contribution in [0.3, 0.4) is 0 Å². The van der Waals surface area contributed by atoms with Crippen molar-refractivity contribution in [2.75, 3.05) is 34.4 Å². The number of ether oxygens (including phenoxy) is 2. The highest BCUT2D eigenvalue weighted by Gasteiger charge is 2.35. The van der Waals surface area contributed by atoms with Gasteiger partial charge < -0.3 is 14.4 Å². The number of rotatable bonds is 11. The SMILES string of the molecule is COc1ccc(CCN(C)CCCC(C#N)(c2ccc(C(C)(C)C)cc2)C(C)C)cc1OC. The predicted octanol–water partition coefficient (Wildman–Crippen LogP) is 6.37. The van der Waals surface area contributed by atoms with Gasteiger partial charge in [-0.3, -0.25) is 0 Å². The van der Waals surface area contributed by atoms with Crippen LogP contribution in [-0.4, -0.2) is 39.3 Å². The molecule has 33 heavy (non-hydrogen) atoms. The minimum Gasteiger partial charge on any atom is -0.493 e. The highest BCUT2D eigenvalue weighted by atomic mass is 16.5. The molecule has 0 saturated carbocycles. The van der Waals surface area contributed by atoms with Crippen molar-refractivity contribution in [2.45, 2.75) is 64.7 Å². The van der Waals surface area contributed by atoms with Gasteiger partial charge in [-0.25, -0.2) is 0 Å². The number of nitrogens with zero attached hydrogens (tertiary/aromatic N) is 2. The van der Waals surface area contributed by atoms with Crippen LogP contribution in [-0.2, 0) is 17.3 Å². The van der Waals surface area contributed by atoms with Crippen molar-refractivity contribution in [2.24, 2.45) is 5.92 Å². The Kier molecular flexibility index (Phi) is 9.37. The lowest BCUT2D eigenvalue weighted by Gasteiger charge is -2.33. The van der Waals surface area contributed by atoms with Crippen LogP contribution in [0, 0.1) is 17.2 Å². The summed E-state index contributed by atoms with van der Waals surface area (Å²) < 4.78 is 10.7. The number of hydrogen-bond acceptors (Lipinski definition) is 4. The second-order valence-corrected chi connectivity index (χ2v) is 10.4. The molecule has 0 bridgehead atoms. The van der Waals surface area contributed by atoms with Gasteiger partial charge in [-0.15, -0.1) is 0 Å². The molecule has 2 rings (SSSR count). The van der Waals surface area contributed by atoms with Gasteiger partial charge in [0.2, 0.25) is 0 Å². The molecule has 2 aromatic rings. The predicted molar refractivity (Wildman–Crippen MR) is 137 cm³/mol. The molecule has 0 aliphatic heterocycles. The van der Waals surface area contributed by atoms with E-state index in [9.17, 15) is 5.26 Å². The normalized spacial score (nSPS) is 13.6. The van der Waals surface area contributed by atoms with Crippen LogP contribution in [0.4, 0.5) is 0 Å². The first-order valence-electron chi connectivity index (χ1n) is 12.0. The van der Waals surface area contributed by atoms with Crippen LogP contribution in [0.1, 0.15) is 64.2 Å². The van der Waals surface area contributed by atoms with Crippen LogP contribution in [0.15, 0.2) is 42.5 Å². The summed E-state index contributed by atoms with van der Waals surface area (Å²) in [4.78, 5) is 2.35. The van der Waals surface area contributed by atoms with Gasteiger partial charge in [-0.2, -0.15) is 5.26 Å². The van der Waals surface area contributed by atoms with Crippen LogP contribution in [0.25, 0.3) is 0 Å². The van der Waals surface area contributed by atoms with E-state index in [0.29, 0.717) is 0 Å². The van der Waals surface area contributed by atoms with Crippen molar-refractivity contribution in [3.8, 4) is 17.6 Å². The van der Waals surface area contributed by atoms with Gasteiger partial charge in [0, 0.05) is 6.54 Å². The lowest BCUT2D eigenvalue weighted by molar-refractivity contribution is 0.293. The molecule has 0 aliphatic carbocycles.